The number of hydrogen-bond acceptors (Lipinski definition) is 5. The van der Waals surface area contributed by atoms with Gasteiger partial charge in [0.2, 0.25) is 5.91 Å². The topological polar surface area (TPSA) is 71.8 Å². The molecule has 0 radical (unpaired) electrons. The minimum absolute atomic E-state index is 0. The first kappa shape index (κ1) is 21.9. The first-order valence-electron chi connectivity index (χ1n) is 7.94. The van der Waals surface area contributed by atoms with E-state index >= 15 is 0 Å². The number of thiazole rings is 1. The van der Waals surface area contributed by atoms with Crippen LogP contribution in [0.4, 0.5) is 0 Å². The van der Waals surface area contributed by atoms with Gasteiger partial charge in [0.05, 0.1) is 22.8 Å². The van der Waals surface area contributed by atoms with Crippen molar-refractivity contribution in [2.45, 2.75) is 26.2 Å². The van der Waals surface area contributed by atoms with Gasteiger partial charge in [0.15, 0.2) is 0 Å². The third-order valence-electron chi connectivity index (χ3n) is 4.41. The van der Waals surface area contributed by atoms with Crippen LogP contribution in [0, 0.1) is 19.8 Å². The maximum absolute atomic E-state index is 12.5. The van der Waals surface area contributed by atoms with Gasteiger partial charge in [0, 0.05) is 50.1 Å². The van der Waals surface area contributed by atoms with E-state index in [4.69, 9.17) is 0 Å². The molecule has 0 saturated carbocycles. The molecule has 0 aliphatic carbocycles. The molecule has 0 bridgehead atoms. The fourth-order valence-electron chi connectivity index (χ4n) is 3.01. The van der Waals surface area contributed by atoms with Crippen LogP contribution in [0.25, 0.3) is 0 Å². The molecule has 2 atom stereocenters. The smallest absolute Gasteiger partial charge is 0.225 e. The van der Waals surface area contributed by atoms with Crippen molar-refractivity contribution in [1.29, 1.82) is 0 Å². The predicted molar refractivity (Wildman–Crippen MR) is 105 cm³/mol. The van der Waals surface area contributed by atoms with Crippen molar-refractivity contribution in [3.05, 3.63) is 33.5 Å². The summed E-state index contributed by atoms with van der Waals surface area (Å²) < 4.78 is 1.79. The lowest BCUT2D eigenvalue weighted by Gasteiger charge is -2.16. The summed E-state index contributed by atoms with van der Waals surface area (Å²) in [5.74, 6) is 0.292. The van der Waals surface area contributed by atoms with Crippen LogP contribution in [0.15, 0.2) is 12.4 Å². The molecule has 25 heavy (non-hydrogen) atoms. The first-order valence-corrected chi connectivity index (χ1v) is 8.76. The molecule has 1 fully saturated rings. The molecule has 0 spiro atoms. The fraction of sp³-hybridized carbons (Fsp3) is 0.562. The molecule has 3 heterocycles. The van der Waals surface area contributed by atoms with Crippen LogP contribution in [-0.4, -0.2) is 40.3 Å². The van der Waals surface area contributed by atoms with E-state index in [9.17, 15) is 4.79 Å². The summed E-state index contributed by atoms with van der Waals surface area (Å²) in [6.45, 7) is 6.30. The molecule has 2 aromatic rings. The van der Waals surface area contributed by atoms with Gasteiger partial charge < -0.3 is 10.6 Å². The molecule has 0 aromatic carbocycles. The number of rotatable bonds is 5. The highest BCUT2D eigenvalue weighted by Gasteiger charge is 2.34. The second-order valence-corrected chi connectivity index (χ2v) is 7.40. The average Bonchev–Trinajstić information content (AvgIpc) is 3.20. The number of carbonyl (C=O) groups is 1. The third-order valence-corrected chi connectivity index (χ3v) is 5.55. The van der Waals surface area contributed by atoms with E-state index in [0.29, 0.717) is 6.54 Å². The Bertz CT molecular complexity index is 683. The summed E-state index contributed by atoms with van der Waals surface area (Å²) in [5.41, 5.74) is 2.22. The molecule has 0 unspecified atom stereocenters. The SMILES string of the molecule is Cc1nc(CCNC(=O)[C@H]2CNC[C@@H]2c2cnn(C)c2)sc1C.Cl.Cl. The second-order valence-electron chi connectivity index (χ2n) is 6.11. The van der Waals surface area contributed by atoms with Crippen molar-refractivity contribution in [3.8, 4) is 0 Å². The molecule has 1 aliphatic heterocycles. The maximum Gasteiger partial charge on any atom is 0.225 e. The van der Waals surface area contributed by atoms with Gasteiger partial charge >= 0.3 is 0 Å². The number of amides is 1. The Morgan fingerprint density at radius 1 is 1.40 bits per heavy atom. The first-order chi connectivity index (χ1) is 11.0. The molecule has 1 saturated heterocycles. The zero-order chi connectivity index (χ0) is 16.4. The van der Waals surface area contributed by atoms with Gasteiger partial charge in [-0.05, 0) is 19.4 Å². The van der Waals surface area contributed by atoms with Crippen molar-refractivity contribution >= 4 is 42.1 Å². The Balaban J connectivity index is 0.00000156. The number of aromatic nitrogens is 3. The van der Waals surface area contributed by atoms with E-state index in [0.717, 1.165) is 35.8 Å². The van der Waals surface area contributed by atoms with Crippen molar-refractivity contribution in [2.24, 2.45) is 13.0 Å². The van der Waals surface area contributed by atoms with E-state index in [1.807, 2.05) is 26.4 Å². The van der Waals surface area contributed by atoms with Gasteiger partial charge in [-0.2, -0.15) is 5.10 Å². The lowest BCUT2D eigenvalue weighted by molar-refractivity contribution is -0.124. The van der Waals surface area contributed by atoms with Crippen LogP contribution in [0.3, 0.4) is 0 Å². The van der Waals surface area contributed by atoms with Gasteiger partial charge in [0.25, 0.3) is 0 Å². The summed E-state index contributed by atoms with van der Waals surface area (Å²) in [5, 5.41) is 11.7. The highest BCUT2D eigenvalue weighted by molar-refractivity contribution is 7.11. The number of halogens is 2. The number of hydrogen-bond donors (Lipinski definition) is 2. The van der Waals surface area contributed by atoms with Gasteiger partial charge in [-0.3, -0.25) is 9.48 Å². The van der Waals surface area contributed by atoms with Crippen LogP contribution >= 0.6 is 36.2 Å². The minimum Gasteiger partial charge on any atom is -0.355 e. The lowest BCUT2D eigenvalue weighted by Crippen LogP contribution is -2.35. The molecular formula is C16H25Cl2N5OS. The maximum atomic E-state index is 12.5. The van der Waals surface area contributed by atoms with Crippen LogP contribution in [0.5, 0.6) is 0 Å². The molecule has 2 aromatic heterocycles. The Kier molecular flexibility index (Phi) is 8.34. The summed E-state index contributed by atoms with van der Waals surface area (Å²) >= 11 is 1.71. The average molecular weight is 406 g/mol. The Hall–Kier alpha value is -1.15. The molecule has 9 heteroatoms. The highest BCUT2D eigenvalue weighted by Crippen LogP contribution is 2.27. The van der Waals surface area contributed by atoms with E-state index in [-0.39, 0.29) is 42.6 Å². The van der Waals surface area contributed by atoms with E-state index in [1.54, 1.807) is 16.0 Å². The summed E-state index contributed by atoms with van der Waals surface area (Å²) in [7, 11) is 1.90. The van der Waals surface area contributed by atoms with Crippen molar-refractivity contribution in [3.63, 3.8) is 0 Å². The molecule has 2 N–H and O–H groups in total. The monoisotopic (exact) mass is 405 g/mol. The molecule has 3 rings (SSSR count). The fourth-order valence-corrected chi connectivity index (χ4v) is 3.94. The normalized spacial score (nSPS) is 19.2. The van der Waals surface area contributed by atoms with Gasteiger partial charge in [-0.1, -0.05) is 0 Å². The number of nitrogens with zero attached hydrogens (tertiary/aromatic N) is 3. The summed E-state index contributed by atoms with van der Waals surface area (Å²) in [4.78, 5) is 18.3. The van der Waals surface area contributed by atoms with E-state index in [2.05, 4.69) is 27.6 Å². The van der Waals surface area contributed by atoms with Crippen molar-refractivity contribution < 1.29 is 4.79 Å². The summed E-state index contributed by atoms with van der Waals surface area (Å²) in [6, 6.07) is 0. The highest BCUT2D eigenvalue weighted by atomic mass is 35.5. The quantitative estimate of drug-likeness (QED) is 0.797. The van der Waals surface area contributed by atoms with Gasteiger partial charge in [-0.25, -0.2) is 4.98 Å². The van der Waals surface area contributed by atoms with Crippen molar-refractivity contribution in [2.75, 3.05) is 19.6 Å². The lowest BCUT2D eigenvalue weighted by atomic mass is 9.90. The predicted octanol–water partition coefficient (Wildman–Crippen LogP) is 2.00. The number of nitrogens with one attached hydrogen (secondary N) is 2. The zero-order valence-electron chi connectivity index (χ0n) is 14.6. The van der Waals surface area contributed by atoms with Crippen LogP contribution in [-0.2, 0) is 18.3 Å². The van der Waals surface area contributed by atoms with Gasteiger partial charge in [-0.15, -0.1) is 36.2 Å². The number of carbonyl (C=O) groups excluding carboxylic acids is 1. The zero-order valence-corrected chi connectivity index (χ0v) is 17.1. The second kappa shape index (κ2) is 9.52. The molecular weight excluding hydrogens is 381 g/mol. The minimum atomic E-state index is -0.0287. The van der Waals surface area contributed by atoms with Crippen LogP contribution in [0.2, 0.25) is 0 Å². The Morgan fingerprint density at radius 2 is 2.16 bits per heavy atom. The molecule has 1 amide bonds. The van der Waals surface area contributed by atoms with Gasteiger partial charge in [0.1, 0.15) is 0 Å². The Labute approximate surface area is 164 Å². The standard InChI is InChI=1S/C16H23N5OS.2ClH/c1-10-11(2)23-15(20-10)4-5-18-16(22)14-8-17-7-13(14)12-6-19-21(3)9-12;;/h6,9,13-14,17H,4-5,7-8H2,1-3H3,(H,18,22);2*1H/t13-,14+;;/m1../s1. The number of aryl methyl sites for hydroxylation is 3. The van der Waals surface area contributed by atoms with Crippen molar-refractivity contribution in [1.82, 2.24) is 25.4 Å². The largest absolute Gasteiger partial charge is 0.355 e. The molecule has 1 aliphatic rings. The molecule has 6 nitrogen and oxygen atoms in total. The third kappa shape index (κ3) is 5.17. The van der Waals surface area contributed by atoms with Crippen LogP contribution < -0.4 is 10.6 Å². The van der Waals surface area contributed by atoms with E-state index in [1.165, 1.54) is 4.88 Å². The summed E-state index contributed by atoms with van der Waals surface area (Å²) in [6.07, 6.45) is 4.65. The molecule has 140 valence electrons. The Morgan fingerprint density at radius 3 is 2.76 bits per heavy atom. The van der Waals surface area contributed by atoms with E-state index < -0.39 is 0 Å². The van der Waals surface area contributed by atoms with Crippen LogP contribution in [0.1, 0.15) is 27.1 Å².